The van der Waals surface area contributed by atoms with Gasteiger partial charge in [0.15, 0.2) is 0 Å². The fraction of sp³-hybridized carbons (Fsp3) is 0.136. The van der Waals surface area contributed by atoms with Crippen molar-refractivity contribution in [2.24, 2.45) is 0 Å². The number of fused-ring (bicyclic) bond motifs is 1. The molecule has 0 aliphatic carbocycles. The second kappa shape index (κ2) is 7.72. The smallest absolute Gasteiger partial charge is 0.147 e. The quantitative estimate of drug-likeness (QED) is 0.303. The molecule has 2 aromatic carbocycles. The van der Waals surface area contributed by atoms with Crippen molar-refractivity contribution in [1.29, 1.82) is 0 Å². The monoisotopic (exact) mass is 515 g/mol. The lowest BCUT2D eigenvalue weighted by Gasteiger charge is -2.12. The van der Waals surface area contributed by atoms with Crippen LogP contribution in [0.5, 0.6) is 11.5 Å². The normalized spacial score (nSPS) is 11.2. The number of benzene rings is 2. The van der Waals surface area contributed by atoms with E-state index in [0.717, 1.165) is 33.7 Å². The molecule has 5 nitrogen and oxygen atoms in total. The lowest BCUT2D eigenvalue weighted by molar-refractivity contribution is 0.438. The summed E-state index contributed by atoms with van der Waals surface area (Å²) < 4.78 is 2.91. The van der Waals surface area contributed by atoms with Gasteiger partial charge in [0.2, 0.25) is 0 Å². The van der Waals surface area contributed by atoms with Crippen LogP contribution in [-0.4, -0.2) is 19.6 Å². The van der Waals surface area contributed by atoms with Crippen LogP contribution in [0.1, 0.15) is 17.0 Å². The first-order chi connectivity index (χ1) is 13.8. The van der Waals surface area contributed by atoms with Crippen LogP contribution in [0, 0.1) is 13.8 Å². The van der Waals surface area contributed by atoms with Gasteiger partial charge >= 0.3 is 0 Å². The number of nitrogens with one attached hydrogen (secondary N) is 1. The van der Waals surface area contributed by atoms with Crippen molar-refractivity contribution in [3.05, 3.63) is 74.7 Å². The van der Waals surface area contributed by atoms with Crippen molar-refractivity contribution < 1.29 is 10.2 Å². The maximum Gasteiger partial charge on any atom is 0.147 e. The summed E-state index contributed by atoms with van der Waals surface area (Å²) in [6.07, 6.45) is 4.14. The number of nitrogens with zero attached hydrogens (tertiary/aromatic N) is 2. The van der Waals surface area contributed by atoms with Crippen LogP contribution in [0.3, 0.4) is 0 Å². The van der Waals surface area contributed by atoms with Gasteiger partial charge in [0.1, 0.15) is 16.0 Å². The minimum atomic E-state index is -0.0174. The Labute approximate surface area is 185 Å². The van der Waals surface area contributed by atoms with Gasteiger partial charge in [-0.05, 0) is 75.5 Å². The zero-order valence-electron chi connectivity index (χ0n) is 15.9. The topological polar surface area (TPSA) is 69.8 Å². The third kappa shape index (κ3) is 3.84. The molecule has 2 heterocycles. The highest BCUT2D eigenvalue weighted by Crippen LogP contribution is 2.41. The van der Waals surface area contributed by atoms with Crippen LogP contribution in [0.15, 0.2) is 57.7 Å². The van der Waals surface area contributed by atoms with Gasteiger partial charge in [0.25, 0.3) is 0 Å². The van der Waals surface area contributed by atoms with E-state index in [4.69, 9.17) is 0 Å². The molecule has 0 amide bonds. The third-order valence-corrected chi connectivity index (χ3v) is 6.19. The number of aromatic hydroxyl groups is 2. The van der Waals surface area contributed by atoms with Gasteiger partial charge < -0.3 is 19.9 Å². The summed E-state index contributed by atoms with van der Waals surface area (Å²) in [5.41, 5.74) is 6.97. The van der Waals surface area contributed by atoms with Crippen molar-refractivity contribution in [3.63, 3.8) is 0 Å². The zero-order chi connectivity index (χ0) is 20.7. The molecule has 2 aromatic heterocycles. The van der Waals surface area contributed by atoms with Crippen molar-refractivity contribution >= 4 is 43.1 Å². The highest BCUT2D eigenvalue weighted by Gasteiger charge is 2.14. The number of hydrogen-bond acceptors (Lipinski definition) is 4. The summed E-state index contributed by atoms with van der Waals surface area (Å²) in [5.74, 6) is 0.00535. The van der Waals surface area contributed by atoms with Crippen LogP contribution in [-0.2, 0) is 6.54 Å². The molecule has 0 aliphatic heterocycles. The number of phenolic OH excluding ortho intramolecular Hbond substituents is 2. The summed E-state index contributed by atoms with van der Waals surface area (Å²) >= 11 is 6.49. The van der Waals surface area contributed by atoms with Crippen LogP contribution in [0.25, 0.3) is 16.6 Å². The van der Waals surface area contributed by atoms with Gasteiger partial charge in [-0.3, -0.25) is 4.98 Å². The molecular weight excluding hydrogens is 498 g/mol. The molecule has 0 bridgehead atoms. The number of hydrogen-bond donors (Lipinski definition) is 3. The number of anilines is 1. The average Bonchev–Trinajstić information content (AvgIpc) is 3.13. The molecule has 0 atom stereocenters. The molecule has 0 aliphatic rings. The Kier molecular flexibility index (Phi) is 5.27. The van der Waals surface area contributed by atoms with Crippen LogP contribution in [0.2, 0.25) is 0 Å². The zero-order valence-corrected chi connectivity index (χ0v) is 19.0. The van der Waals surface area contributed by atoms with E-state index in [0.29, 0.717) is 16.6 Å². The molecule has 4 aromatic rings. The summed E-state index contributed by atoms with van der Waals surface area (Å²) in [6.45, 7) is 4.44. The van der Waals surface area contributed by atoms with E-state index < -0.39 is 0 Å². The second-order valence-corrected chi connectivity index (χ2v) is 8.60. The van der Waals surface area contributed by atoms with Gasteiger partial charge in [-0.15, -0.1) is 0 Å². The molecule has 0 spiro atoms. The Bertz CT molecular complexity index is 1220. The molecule has 7 heteroatoms. The van der Waals surface area contributed by atoms with E-state index in [2.05, 4.69) is 71.0 Å². The number of aromatic nitrogens is 2. The Balaban J connectivity index is 1.54. The molecule has 0 unspecified atom stereocenters. The molecule has 0 saturated heterocycles. The molecule has 148 valence electrons. The number of rotatable bonds is 4. The lowest BCUT2D eigenvalue weighted by Crippen LogP contribution is -2.00. The van der Waals surface area contributed by atoms with E-state index >= 15 is 0 Å². The minimum absolute atomic E-state index is 0.0174. The van der Waals surface area contributed by atoms with E-state index in [1.165, 1.54) is 0 Å². The van der Waals surface area contributed by atoms with Crippen LogP contribution in [0.4, 0.5) is 5.69 Å². The van der Waals surface area contributed by atoms with Crippen molar-refractivity contribution in [2.45, 2.75) is 20.4 Å². The molecular formula is C22H19Br2N3O2. The van der Waals surface area contributed by atoms with Gasteiger partial charge in [-0.25, -0.2) is 0 Å². The molecule has 0 fully saturated rings. The van der Waals surface area contributed by atoms with Crippen molar-refractivity contribution in [2.75, 3.05) is 5.32 Å². The number of aryl methyl sites for hydroxylation is 2. The fourth-order valence-electron chi connectivity index (χ4n) is 3.35. The molecule has 3 N–H and O–H groups in total. The van der Waals surface area contributed by atoms with Gasteiger partial charge in [-0.1, -0.05) is 12.1 Å². The SMILES string of the molecule is Cc1cn2cc(-c3ccc(NCc4cc(Br)c(O)c(Br)c4O)cc3)cc2c(C)n1. The third-order valence-electron chi connectivity index (χ3n) is 4.84. The second-order valence-electron chi connectivity index (χ2n) is 6.95. The van der Waals surface area contributed by atoms with Gasteiger partial charge in [0.05, 0.1) is 21.4 Å². The highest BCUT2D eigenvalue weighted by atomic mass is 79.9. The van der Waals surface area contributed by atoms with Crippen LogP contribution >= 0.6 is 31.9 Å². The summed E-state index contributed by atoms with van der Waals surface area (Å²) in [7, 11) is 0. The van der Waals surface area contributed by atoms with E-state index in [1.54, 1.807) is 6.07 Å². The predicted octanol–water partition coefficient (Wildman–Crippen LogP) is 6.17. The summed E-state index contributed by atoms with van der Waals surface area (Å²) in [4.78, 5) is 4.53. The van der Waals surface area contributed by atoms with Crippen molar-refractivity contribution in [3.8, 4) is 22.6 Å². The van der Waals surface area contributed by atoms with Gasteiger partial charge in [-0.2, -0.15) is 0 Å². The maximum absolute atomic E-state index is 10.2. The maximum atomic E-state index is 10.2. The Hall–Kier alpha value is -2.51. The predicted molar refractivity (Wildman–Crippen MR) is 123 cm³/mol. The number of phenols is 2. The molecule has 0 radical (unpaired) electrons. The van der Waals surface area contributed by atoms with Crippen molar-refractivity contribution in [1.82, 2.24) is 9.38 Å². The first-order valence-corrected chi connectivity index (χ1v) is 10.6. The Morgan fingerprint density at radius 3 is 2.41 bits per heavy atom. The Morgan fingerprint density at radius 2 is 1.69 bits per heavy atom. The summed E-state index contributed by atoms with van der Waals surface area (Å²) in [5, 5.41) is 23.3. The van der Waals surface area contributed by atoms with Gasteiger partial charge in [0, 0.05) is 35.8 Å². The van der Waals surface area contributed by atoms with E-state index in [9.17, 15) is 10.2 Å². The summed E-state index contributed by atoms with van der Waals surface area (Å²) in [6, 6.07) is 12.0. The fourth-order valence-corrected chi connectivity index (χ4v) is 4.56. The van der Waals surface area contributed by atoms with E-state index in [1.807, 2.05) is 32.2 Å². The first-order valence-electron chi connectivity index (χ1n) is 9.02. The minimum Gasteiger partial charge on any atom is -0.506 e. The van der Waals surface area contributed by atoms with E-state index in [-0.39, 0.29) is 16.0 Å². The lowest BCUT2D eigenvalue weighted by atomic mass is 10.1. The highest BCUT2D eigenvalue weighted by molar-refractivity contribution is 9.11. The first kappa shape index (κ1) is 19.8. The Morgan fingerprint density at radius 1 is 0.966 bits per heavy atom. The van der Waals surface area contributed by atoms with Crippen LogP contribution < -0.4 is 5.32 Å². The molecule has 4 rings (SSSR count). The molecule has 29 heavy (non-hydrogen) atoms. The molecule has 0 saturated carbocycles. The largest absolute Gasteiger partial charge is 0.506 e. The average molecular weight is 517 g/mol. The number of halogens is 2. The standard InChI is InChI=1S/C22H19Br2N3O2/c1-12-10-27-11-16(8-19(27)13(2)26-12)14-3-5-17(6-4-14)25-9-15-7-18(23)22(29)20(24)21(15)28/h3-8,10-11,25,28-29H,9H2,1-2H3.